The summed E-state index contributed by atoms with van der Waals surface area (Å²) in [7, 11) is 0. The average molecular weight is 324 g/mol. The van der Waals surface area contributed by atoms with E-state index in [1.807, 2.05) is 37.3 Å². The fourth-order valence-electron chi connectivity index (χ4n) is 1.71. The molecule has 2 rings (SSSR count). The summed E-state index contributed by atoms with van der Waals surface area (Å²) in [4.78, 5) is 14.1. The van der Waals surface area contributed by atoms with Crippen molar-refractivity contribution in [3.05, 3.63) is 50.1 Å². The molecule has 0 saturated carbocycles. The Balaban J connectivity index is 2.14. The van der Waals surface area contributed by atoms with Crippen LogP contribution in [0.2, 0.25) is 0 Å². The van der Waals surface area contributed by atoms with Crippen molar-refractivity contribution in [2.24, 2.45) is 0 Å². The first-order chi connectivity index (χ1) is 8.60. The normalized spacial score (nSPS) is 10.4. The zero-order chi connectivity index (χ0) is 13.1. The number of hydrogen-bond donors (Lipinski definition) is 1. The molecule has 1 aromatic carbocycles. The summed E-state index contributed by atoms with van der Waals surface area (Å²) in [6.07, 6.45) is 0.974. The number of carbonyl (C=O) groups is 1. The number of carbonyl (C=O) groups excluding carboxylic acids is 1. The molecule has 1 N–H and O–H groups in total. The lowest BCUT2D eigenvalue weighted by Gasteiger charge is -2.03. The maximum atomic E-state index is 12.1. The van der Waals surface area contributed by atoms with E-state index in [-0.39, 0.29) is 5.91 Å². The molecule has 0 aliphatic heterocycles. The van der Waals surface area contributed by atoms with Crippen molar-refractivity contribution in [1.82, 2.24) is 0 Å². The summed E-state index contributed by atoms with van der Waals surface area (Å²) in [5, 5.41) is 2.90. The van der Waals surface area contributed by atoms with Gasteiger partial charge in [-0.1, -0.05) is 22.9 Å². The van der Waals surface area contributed by atoms with Crippen LogP contribution in [0.4, 0.5) is 5.69 Å². The molecule has 2 aromatic rings. The number of aryl methyl sites for hydroxylation is 2. The van der Waals surface area contributed by atoms with Crippen LogP contribution in [0.3, 0.4) is 0 Å². The van der Waals surface area contributed by atoms with Crippen LogP contribution in [0.1, 0.15) is 27.0 Å². The molecular formula is C14H14BrNOS. The number of amides is 1. The molecule has 0 fully saturated rings. The summed E-state index contributed by atoms with van der Waals surface area (Å²) in [6, 6.07) is 9.53. The van der Waals surface area contributed by atoms with Gasteiger partial charge >= 0.3 is 0 Å². The Morgan fingerprint density at radius 1 is 1.33 bits per heavy atom. The van der Waals surface area contributed by atoms with Gasteiger partial charge in [0, 0.05) is 15.0 Å². The highest BCUT2D eigenvalue weighted by molar-refractivity contribution is 9.10. The number of thiophene rings is 1. The number of benzene rings is 1. The minimum atomic E-state index is -0.0369. The van der Waals surface area contributed by atoms with Crippen molar-refractivity contribution in [3.63, 3.8) is 0 Å². The van der Waals surface area contributed by atoms with Gasteiger partial charge in [-0.2, -0.15) is 0 Å². The first-order valence-electron chi connectivity index (χ1n) is 5.76. The molecule has 4 heteroatoms. The van der Waals surface area contributed by atoms with Crippen molar-refractivity contribution in [2.75, 3.05) is 5.32 Å². The van der Waals surface area contributed by atoms with Crippen molar-refractivity contribution >= 4 is 38.9 Å². The third-order valence-electron chi connectivity index (χ3n) is 2.67. The molecule has 0 spiro atoms. The van der Waals surface area contributed by atoms with Crippen LogP contribution in [0, 0.1) is 6.92 Å². The quantitative estimate of drug-likeness (QED) is 0.876. The Labute approximate surface area is 119 Å². The molecule has 0 aliphatic rings. The monoisotopic (exact) mass is 323 g/mol. The smallest absolute Gasteiger partial charge is 0.265 e. The molecule has 0 aliphatic carbocycles. The van der Waals surface area contributed by atoms with Crippen LogP contribution < -0.4 is 5.32 Å². The Morgan fingerprint density at radius 3 is 2.56 bits per heavy atom. The highest BCUT2D eigenvalue weighted by atomic mass is 79.9. The van der Waals surface area contributed by atoms with Gasteiger partial charge in [-0.25, -0.2) is 0 Å². The minimum absolute atomic E-state index is 0.0369. The third kappa shape index (κ3) is 3.00. The van der Waals surface area contributed by atoms with Crippen molar-refractivity contribution in [1.29, 1.82) is 0 Å². The zero-order valence-corrected chi connectivity index (χ0v) is 12.7. The van der Waals surface area contributed by atoms with Crippen LogP contribution in [-0.2, 0) is 6.42 Å². The lowest BCUT2D eigenvalue weighted by Crippen LogP contribution is -2.09. The second-order valence-corrected chi connectivity index (χ2v) is 6.08. The first-order valence-corrected chi connectivity index (χ1v) is 7.37. The van der Waals surface area contributed by atoms with Gasteiger partial charge in [0.15, 0.2) is 0 Å². The molecule has 0 saturated heterocycles. The molecule has 18 heavy (non-hydrogen) atoms. The van der Waals surface area contributed by atoms with Gasteiger partial charge in [0.05, 0.1) is 4.88 Å². The molecule has 0 bridgehead atoms. The van der Waals surface area contributed by atoms with E-state index < -0.39 is 0 Å². The lowest BCUT2D eigenvalue weighted by atomic mass is 10.2. The van der Waals surface area contributed by atoms with E-state index in [0.717, 1.165) is 21.5 Å². The highest BCUT2D eigenvalue weighted by Crippen LogP contribution is 2.23. The number of anilines is 1. The second kappa shape index (κ2) is 5.67. The molecule has 2 nitrogen and oxygen atoms in total. The SMILES string of the molecule is CCc1sc(C(=O)Nc2ccc(Br)cc2)cc1C. The molecular weight excluding hydrogens is 310 g/mol. The summed E-state index contributed by atoms with van der Waals surface area (Å²) in [5.41, 5.74) is 2.01. The van der Waals surface area contributed by atoms with Crippen LogP contribution in [0.5, 0.6) is 0 Å². The second-order valence-electron chi connectivity index (χ2n) is 4.03. The predicted octanol–water partition coefficient (Wildman–Crippen LogP) is 4.63. The Hall–Kier alpha value is -1.13. The molecule has 1 amide bonds. The van der Waals surface area contributed by atoms with Gasteiger partial charge < -0.3 is 5.32 Å². The molecule has 1 aromatic heterocycles. The zero-order valence-electron chi connectivity index (χ0n) is 10.3. The molecule has 1 heterocycles. The van der Waals surface area contributed by atoms with E-state index in [0.29, 0.717) is 0 Å². The van der Waals surface area contributed by atoms with Crippen LogP contribution in [-0.4, -0.2) is 5.91 Å². The van der Waals surface area contributed by atoms with E-state index in [1.54, 1.807) is 11.3 Å². The topological polar surface area (TPSA) is 29.1 Å². The molecule has 0 radical (unpaired) electrons. The van der Waals surface area contributed by atoms with Gasteiger partial charge in [0.1, 0.15) is 0 Å². The van der Waals surface area contributed by atoms with Gasteiger partial charge in [-0.3, -0.25) is 4.79 Å². The number of nitrogens with one attached hydrogen (secondary N) is 1. The number of hydrogen-bond acceptors (Lipinski definition) is 2. The predicted molar refractivity (Wildman–Crippen MR) is 80.5 cm³/mol. The van der Waals surface area contributed by atoms with Crippen LogP contribution in [0.25, 0.3) is 0 Å². The van der Waals surface area contributed by atoms with E-state index in [4.69, 9.17) is 0 Å². The maximum Gasteiger partial charge on any atom is 0.265 e. The van der Waals surface area contributed by atoms with Crippen LogP contribution >= 0.6 is 27.3 Å². The summed E-state index contributed by atoms with van der Waals surface area (Å²) < 4.78 is 1.00. The Morgan fingerprint density at radius 2 is 2.00 bits per heavy atom. The minimum Gasteiger partial charge on any atom is -0.321 e. The Bertz CT molecular complexity index is 560. The fourth-order valence-corrected chi connectivity index (χ4v) is 2.98. The van der Waals surface area contributed by atoms with Crippen LogP contribution in [0.15, 0.2) is 34.8 Å². The first kappa shape index (κ1) is 13.3. The Kier molecular flexibility index (Phi) is 4.19. The lowest BCUT2D eigenvalue weighted by molar-refractivity contribution is 0.103. The highest BCUT2D eigenvalue weighted by Gasteiger charge is 2.11. The van der Waals surface area contributed by atoms with E-state index in [9.17, 15) is 4.79 Å². The van der Waals surface area contributed by atoms with E-state index in [2.05, 4.69) is 28.2 Å². The standard InChI is InChI=1S/C14H14BrNOS/c1-3-12-9(2)8-13(18-12)14(17)16-11-6-4-10(15)5-7-11/h4-8H,3H2,1-2H3,(H,16,17). The maximum absolute atomic E-state index is 12.1. The van der Waals surface area contributed by atoms with Crippen molar-refractivity contribution in [2.45, 2.75) is 20.3 Å². The van der Waals surface area contributed by atoms with Gasteiger partial charge in [-0.15, -0.1) is 11.3 Å². The summed E-state index contributed by atoms with van der Waals surface area (Å²) >= 11 is 4.94. The van der Waals surface area contributed by atoms with Gasteiger partial charge in [-0.05, 0) is 49.2 Å². The molecule has 94 valence electrons. The van der Waals surface area contributed by atoms with Gasteiger partial charge in [0.2, 0.25) is 0 Å². The fraction of sp³-hybridized carbons (Fsp3) is 0.214. The van der Waals surface area contributed by atoms with Crippen molar-refractivity contribution in [3.8, 4) is 0 Å². The largest absolute Gasteiger partial charge is 0.321 e. The summed E-state index contributed by atoms with van der Waals surface area (Å²) in [5.74, 6) is -0.0369. The number of rotatable bonds is 3. The molecule has 0 atom stereocenters. The van der Waals surface area contributed by atoms with E-state index in [1.165, 1.54) is 10.4 Å². The molecule has 0 unspecified atom stereocenters. The third-order valence-corrected chi connectivity index (χ3v) is 4.58. The number of halogens is 1. The average Bonchev–Trinajstić information content (AvgIpc) is 2.73. The van der Waals surface area contributed by atoms with E-state index >= 15 is 0 Å². The van der Waals surface area contributed by atoms with Crippen molar-refractivity contribution < 1.29 is 4.79 Å². The summed E-state index contributed by atoms with van der Waals surface area (Å²) in [6.45, 7) is 4.15. The van der Waals surface area contributed by atoms with Gasteiger partial charge in [0.25, 0.3) is 5.91 Å².